The first-order chi connectivity index (χ1) is 29.3. The molecule has 2 aliphatic rings. The summed E-state index contributed by atoms with van der Waals surface area (Å²) in [7, 11) is -0.635. The third-order valence-corrected chi connectivity index (χ3v) is 16.6. The largest absolute Gasteiger partial charge is 0.465 e. The number of aromatic nitrogens is 4. The van der Waals surface area contributed by atoms with E-state index in [1.165, 1.54) is 18.5 Å². The Morgan fingerprint density at radius 1 is 0.820 bits per heavy atom. The summed E-state index contributed by atoms with van der Waals surface area (Å²) in [6.45, 7) is 6.72. The van der Waals surface area contributed by atoms with Crippen LogP contribution in [0.3, 0.4) is 0 Å². The number of rotatable bonds is 11. The maximum absolute atomic E-state index is 14.0. The molecule has 0 radical (unpaired) electrons. The molecule has 3 atom stereocenters. The van der Waals surface area contributed by atoms with Crippen LogP contribution < -0.4 is 16.1 Å². The standard InChI is InChI=1S/C46H45N5O9Si/c1-46(2,3)61(27-12-8-6-9-13-27,28-14-10-7-11-15-28)59-24-36-35(52)23-38(60-36)51-37(50-39-42(47)48-25-49-43(39)51)19-17-26-16-18-29-30(20-26)41(54)32-22-34(45(56)58-5)33(44(55)57-4)21-31(32)40(29)53/h6-16,18,20-22,25,35-36,38,52H,17,19,23-24H2,1-5H3,(H2,47,48,49)/t35-,36+,38+/m0/s1. The van der Waals surface area contributed by atoms with Crippen LogP contribution in [-0.2, 0) is 31.5 Å². The van der Waals surface area contributed by atoms with E-state index in [-0.39, 0.29) is 57.3 Å². The number of nitrogens with zero attached hydrogens (tertiary/aromatic N) is 4. The van der Waals surface area contributed by atoms with Crippen molar-refractivity contribution in [1.29, 1.82) is 0 Å². The van der Waals surface area contributed by atoms with Gasteiger partial charge in [-0.1, -0.05) is 93.6 Å². The second-order valence-corrected chi connectivity index (χ2v) is 20.5. The monoisotopic (exact) mass is 839 g/mol. The molecule has 3 heterocycles. The molecular formula is C46H45N5O9Si. The number of esters is 2. The van der Waals surface area contributed by atoms with Crippen LogP contribution in [0.25, 0.3) is 11.2 Å². The summed E-state index contributed by atoms with van der Waals surface area (Å²) in [6, 6.07) is 28.0. The van der Waals surface area contributed by atoms with Crippen LogP contribution in [0.1, 0.15) is 97.4 Å². The number of aliphatic hydroxyl groups excluding tert-OH is 1. The number of hydrogen-bond donors (Lipinski definition) is 2. The molecule has 8 rings (SSSR count). The number of aliphatic hydroxyl groups is 1. The fourth-order valence-corrected chi connectivity index (χ4v) is 13.2. The predicted octanol–water partition coefficient (Wildman–Crippen LogP) is 4.77. The molecule has 0 amide bonds. The van der Waals surface area contributed by atoms with E-state index in [4.69, 9.17) is 29.4 Å². The molecule has 2 aromatic heterocycles. The lowest BCUT2D eigenvalue weighted by molar-refractivity contribution is -0.0407. The maximum Gasteiger partial charge on any atom is 0.338 e. The molecule has 0 saturated carbocycles. The molecule has 0 bridgehead atoms. The van der Waals surface area contributed by atoms with E-state index >= 15 is 0 Å². The lowest BCUT2D eigenvalue weighted by Gasteiger charge is -2.43. The van der Waals surface area contributed by atoms with E-state index in [0.717, 1.165) is 30.2 Å². The van der Waals surface area contributed by atoms with Crippen LogP contribution in [0.15, 0.2) is 97.3 Å². The zero-order valence-corrected chi connectivity index (χ0v) is 35.4. The number of imidazole rings is 1. The van der Waals surface area contributed by atoms with Gasteiger partial charge in [0.1, 0.15) is 24.5 Å². The molecule has 0 unspecified atom stereocenters. The Balaban J connectivity index is 1.07. The predicted molar refractivity (Wildman–Crippen MR) is 228 cm³/mol. The summed E-state index contributed by atoms with van der Waals surface area (Å²) in [4.78, 5) is 66.4. The molecule has 15 heteroatoms. The molecule has 0 spiro atoms. The number of nitrogens with two attached hydrogens (primary N) is 1. The Hall–Kier alpha value is -6.39. The van der Waals surface area contributed by atoms with Gasteiger partial charge in [-0.25, -0.2) is 24.5 Å². The summed E-state index contributed by atoms with van der Waals surface area (Å²) < 4.78 is 25.3. The van der Waals surface area contributed by atoms with Crippen LogP contribution in [-0.4, -0.2) is 89.5 Å². The summed E-state index contributed by atoms with van der Waals surface area (Å²) in [5.41, 5.74) is 7.78. The Morgan fingerprint density at radius 3 is 1.97 bits per heavy atom. The number of fused-ring (bicyclic) bond motifs is 3. The smallest absolute Gasteiger partial charge is 0.338 e. The zero-order chi connectivity index (χ0) is 43.2. The lowest BCUT2D eigenvalue weighted by atomic mass is 9.81. The summed E-state index contributed by atoms with van der Waals surface area (Å²) >= 11 is 0. The first kappa shape index (κ1) is 41.3. The molecule has 14 nitrogen and oxygen atoms in total. The third kappa shape index (κ3) is 7.22. The Kier molecular flexibility index (Phi) is 11.0. The van der Waals surface area contributed by atoms with Crippen molar-refractivity contribution in [3.63, 3.8) is 0 Å². The molecule has 3 N–H and O–H groups in total. The van der Waals surface area contributed by atoms with Gasteiger partial charge in [0.2, 0.25) is 0 Å². The number of hydrogen-bond acceptors (Lipinski definition) is 13. The Bertz CT molecular complexity index is 2660. The third-order valence-electron chi connectivity index (χ3n) is 11.6. The molecule has 4 aromatic carbocycles. The van der Waals surface area contributed by atoms with Gasteiger partial charge >= 0.3 is 11.9 Å². The minimum absolute atomic E-state index is 0.0141. The summed E-state index contributed by atoms with van der Waals surface area (Å²) in [6.07, 6.45) is 0.0876. The van der Waals surface area contributed by atoms with Gasteiger partial charge in [-0.2, -0.15) is 0 Å². The van der Waals surface area contributed by atoms with Crippen molar-refractivity contribution in [3.05, 3.63) is 142 Å². The highest BCUT2D eigenvalue weighted by Crippen LogP contribution is 2.39. The number of carbonyl (C=O) groups is 4. The second kappa shape index (κ2) is 16.2. The topological polar surface area (TPSA) is 195 Å². The number of methoxy groups -OCH3 is 2. The highest BCUT2D eigenvalue weighted by Gasteiger charge is 2.51. The van der Waals surface area contributed by atoms with E-state index in [9.17, 15) is 24.3 Å². The first-order valence-electron chi connectivity index (χ1n) is 19.9. The minimum Gasteiger partial charge on any atom is -0.465 e. The van der Waals surface area contributed by atoms with Crippen molar-refractivity contribution < 1.29 is 42.9 Å². The number of benzene rings is 4. The van der Waals surface area contributed by atoms with Crippen molar-refractivity contribution in [2.75, 3.05) is 26.6 Å². The van der Waals surface area contributed by atoms with Crippen molar-refractivity contribution >= 4 is 59.2 Å². The molecule has 61 heavy (non-hydrogen) atoms. The number of aryl methyl sites for hydroxylation is 2. The molecule has 1 aliphatic heterocycles. The molecule has 1 fully saturated rings. The second-order valence-electron chi connectivity index (χ2n) is 16.2. The number of ketones is 2. The van der Waals surface area contributed by atoms with Gasteiger partial charge in [-0.15, -0.1) is 0 Å². The van der Waals surface area contributed by atoms with Crippen molar-refractivity contribution in [2.45, 2.75) is 63.5 Å². The fraction of sp³-hybridized carbons (Fsp3) is 0.283. The van der Waals surface area contributed by atoms with E-state index in [2.05, 4.69) is 55.0 Å². The quantitative estimate of drug-likeness (QED) is 0.134. The maximum atomic E-state index is 14.0. The van der Waals surface area contributed by atoms with Crippen molar-refractivity contribution in [2.24, 2.45) is 0 Å². The molecular weight excluding hydrogens is 795 g/mol. The average molecular weight is 840 g/mol. The van der Waals surface area contributed by atoms with Crippen LogP contribution >= 0.6 is 0 Å². The van der Waals surface area contributed by atoms with Gasteiger partial charge in [-0.3, -0.25) is 14.2 Å². The van der Waals surface area contributed by atoms with Gasteiger partial charge in [0, 0.05) is 35.1 Å². The average Bonchev–Trinajstić information content (AvgIpc) is 3.84. The SMILES string of the molecule is COC(=O)c1cc2c(cc1C(=O)OC)C(=O)c1cc(CCc3nc4c(N)ncnc4n3[C@H]3C[C@H](O)[C@@H](CO[Si](c4ccccc4)(c4ccccc4)C(C)(C)C)O3)ccc1C2=O. The van der Waals surface area contributed by atoms with Crippen LogP contribution in [0.2, 0.25) is 5.04 Å². The van der Waals surface area contributed by atoms with Gasteiger partial charge < -0.3 is 29.5 Å². The van der Waals surface area contributed by atoms with Crippen LogP contribution in [0.4, 0.5) is 5.82 Å². The Morgan fingerprint density at radius 2 is 1.39 bits per heavy atom. The number of ether oxygens (including phenoxy) is 3. The highest BCUT2D eigenvalue weighted by atomic mass is 28.4. The van der Waals surface area contributed by atoms with Gasteiger partial charge in [0.05, 0.1) is 38.1 Å². The number of nitrogen functional groups attached to an aromatic ring is 1. The normalized spacial score (nSPS) is 17.6. The number of carbonyl (C=O) groups excluding carboxylic acids is 4. The molecule has 1 aliphatic carbocycles. The molecule has 1 saturated heterocycles. The summed E-state index contributed by atoms with van der Waals surface area (Å²) in [5, 5.41) is 13.5. The van der Waals surface area contributed by atoms with Crippen LogP contribution in [0.5, 0.6) is 0 Å². The first-order valence-corrected chi connectivity index (χ1v) is 21.8. The molecule has 312 valence electrons. The minimum atomic E-state index is -2.94. The van der Waals surface area contributed by atoms with E-state index in [1.54, 1.807) is 18.2 Å². The summed E-state index contributed by atoms with van der Waals surface area (Å²) in [5.74, 6) is -1.90. The van der Waals surface area contributed by atoms with Gasteiger partial charge in [0.15, 0.2) is 28.5 Å². The van der Waals surface area contributed by atoms with Crippen molar-refractivity contribution in [3.8, 4) is 0 Å². The zero-order valence-electron chi connectivity index (χ0n) is 34.4. The van der Waals surface area contributed by atoms with Gasteiger partial charge in [0.25, 0.3) is 8.32 Å². The van der Waals surface area contributed by atoms with E-state index in [0.29, 0.717) is 29.8 Å². The van der Waals surface area contributed by atoms with E-state index < -0.39 is 50.3 Å². The highest BCUT2D eigenvalue weighted by molar-refractivity contribution is 6.99. The molecule has 6 aromatic rings. The van der Waals surface area contributed by atoms with Crippen LogP contribution in [0, 0.1) is 0 Å². The number of anilines is 1. The lowest BCUT2D eigenvalue weighted by Crippen LogP contribution is -2.67. The van der Waals surface area contributed by atoms with Gasteiger partial charge in [-0.05, 0) is 45.6 Å². The Labute approximate surface area is 352 Å². The fourth-order valence-electron chi connectivity index (χ4n) is 8.65. The van der Waals surface area contributed by atoms with E-state index in [1.807, 2.05) is 41.0 Å². The van der Waals surface area contributed by atoms with Crippen molar-refractivity contribution in [1.82, 2.24) is 19.5 Å².